The van der Waals surface area contributed by atoms with Gasteiger partial charge in [-0.2, -0.15) is 0 Å². The Morgan fingerprint density at radius 1 is 1.23 bits per heavy atom. The summed E-state index contributed by atoms with van der Waals surface area (Å²) < 4.78 is 16.5. The summed E-state index contributed by atoms with van der Waals surface area (Å²) in [5.41, 5.74) is -1.11. The van der Waals surface area contributed by atoms with Crippen molar-refractivity contribution >= 4 is 23.5 Å². The van der Waals surface area contributed by atoms with Gasteiger partial charge in [0.1, 0.15) is 6.10 Å². The van der Waals surface area contributed by atoms with Gasteiger partial charge in [0.05, 0.1) is 13.5 Å². The van der Waals surface area contributed by atoms with Gasteiger partial charge in [0, 0.05) is 29.6 Å². The molecule has 0 amide bonds. The Labute approximate surface area is 175 Å². The van der Waals surface area contributed by atoms with Crippen molar-refractivity contribution in [1.82, 2.24) is 0 Å². The summed E-state index contributed by atoms with van der Waals surface area (Å²) in [6.45, 7) is 8.77. The number of ketones is 2. The lowest BCUT2D eigenvalue weighted by Gasteiger charge is -2.64. The normalized spacial score (nSPS) is 42.7. The van der Waals surface area contributed by atoms with E-state index in [1.54, 1.807) is 13.0 Å². The molecular formula is C23H28O7. The zero-order valence-corrected chi connectivity index (χ0v) is 18.2. The predicted octanol–water partition coefficient (Wildman–Crippen LogP) is 2.74. The standard InChI is InChI=1S/C23H28O7/c1-10-7-15(29-12(3)24)21(27)23(5)13(10)8-16-22(4)14(9-17(25)30-16)11(2)19(28-6)18(26)20(22)23/h7,10,13-14,16,20H,8-9H2,1-6H3/t10-,13+,14+,16-,20+,22-,23+/m1/s1. The molecular weight excluding hydrogens is 388 g/mol. The van der Waals surface area contributed by atoms with Crippen LogP contribution in [0, 0.1) is 34.5 Å². The van der Waals surface area contributed by atoms with Crippen molar-refractivity contribution in [1.29, 1.82) is 0 Å². The fourth-order valence-electron chi connectivity index (χ4n) is 6.88. The molecule has 7 atom stereocenters. The third kappa shape index (κ3) is 2.44. The Bertz CT molecular complexity index is 928. The molecule has 3 aliphatic carbocycles. The highest BCUT2D eigenvalue weighted by Crippen LogP contribution is 2.67. The van der Waals surface area contributed by atoms with Crippen LogP contribution in [0.2, 0.25) is 0 Å². The number of fused-ring (bicyclic) bond motifs is 2. The Morgan fingerprint density at radius 2 is 1.90 bits per heavy atom. The molecule has 0 radical (unpaired) electrons. The van der Waals surface area contributed by atoms with E-state index in [0.717, 1.165) is 5.57 Å². The number of Topliss-reactive ketones (excluding diaryl/α,β-unsaturated/α-hetero) is 2. The monoisotopic (exact) mass is 416 g/mol. The van der Waals surface area contributed by atoms with Crippen LogP contribution in [0.1, 0.15) is 47.5 Å². The van der Waals surface area contributed by atoms with Crippen LogP contribution in [0.5, 0.6) is 0 Å². The first-order chi connectivity index (χ1) is 14.0. The SMILES string of the molecule is COC1=C(C)[C@@H]2CC(=O)O[C@@H]3C[C@H]4[C@H](C)C=C(OC(C)=O)C(=O)[C@]4(C)[C@@H](C1=O)[C@@]32C. The third-order valence-electron chi connectivity index (χ3n) is 8.14. The van der Waals surface area contributed by atoms with Crippen LogP contribution in [-0.4, -0.2) is 36.7 Å². The van der Waals surface area contributed by atoms with E-state index < -0.39 is 28.8 Å². The lowest BCUT2D eigenvalue weighted by Crippen LogP contribution is -2.69. The summed E-state index contributed by atoms with van der Waals surface area (Å²) in [6.07, 6.45) is 1.81. The summed E-state index contributed by atoms with van der Waals surface area (Å²) in [7, 11) is 1.44. The summed E-state index contributed by atoms with van der Waals surface area (Å²) >= 11 is 0. The van der Waals surface area contributed by atoms with Gasteiger partial charge >= 0.3 is 11.9 Å². The quantitative estimate of drug-likeness (QED) is 0.639. The molecule has 0 N–H and O–H groups in total. The minimum atomic E-state index is -1.10. The number of carbonyl (C=O) groups excluding carboxylic acids is 4. The molecule has 7 heteroatoms. The second-order valence-electron chi connectivity index (χ2n) is 9.55. The number of ether oxygens (including phenoxy) is 3. The zero-order valence-electron chi connectivity index (χ0n) is 18.2. The number of allylic oxidation sites excluding steroid dienone is 4. The molecule has 7 nitrogen and oxygen atoms in total. The van der Waals surface area contributed by atoms with Gasteiger partial charge in [-0.15, -0.1) is 0 Å². The molecule has 1 saturated carbocycles. The second kappa shape index (κ2) is 6.53. The van der Waals surface area contributed by atoms with Crippen molar-refractivity contribution in [3.8, 4) is 0 Å². The second-order valence-corrected chi connectivity index (χ2v) is 9.55. The van der Waals surface area contributed by atoms with E-state index >= 15 is 0 Å². The van der Waals surface area contributed by atoms with Gasteiger partial charge in [0.25, 0.3) is 0 Å². The largest absolute Gasteiger partial charge is 0.493 e. The maximum atomic E-state index is 13.8. The predicted molar refractivity (Wildman–Crippen MR) is 105 cm³/mol. The zero-order chi connectivity index (χ0) is 22.2. The van der Waals surface area contributed by atoms with E-state index in [9.17, 15) is 19.2 Å². The average Bonchev–Trinajstić information content (AvgIpc) is 2.64. The average molecular weight is 416 g/mol. The topological polar surface area (TPSA) is 96.0 Å². The number of carbonyl (C=O) groups is 4. The Balaban J connectivity index is 1.95. The molecule has 0 bridgehead atoms. The Hall–Kier alpha value is -2.44. The van der Waals surface area contributed by atoms with E-state index in [0.29, 0.717) is 6.42 Å². The minimum Gasteiger partial charge on any atom is -0.493 e. The molecule has 0 aromatic rings. The maximum Gasteiger partial charge on any atom is 0.308 e. The third-order valence-corrected chi connectivity index (χ3v) is 8.14. The summed E-state index contributed by atoms with van der Waals surface area (Å²) in [5, 5.41) is 0. The van der Waals surface area contributed by atoms with Gasteiger partial charge in [-0.1, -0.05) is 20.8 Å². The lowest BCUT2D eigenvalue weighted by atomic mass is 9.40. The number of esters is 2. The highest BCUT2D eigenvalue weighted by atomic mass is 16.5. The minimum absolute atomic E-state index is 0.00167. The highest BCUT2D eigenvalue weighted by molar-refractivity contribution is 6.08. The molecule has 0 unspecified atom stereocenters. The van der Waals surface area contributed by atoms with Crippen molar-refractivity contribution in [3.05, 3.63) is 23.2 Å². The van der Waals surface area contributed by atoms with E-state index in [1.807, 2.05) is 20.8 Å². The molecule has 0 aromatic carbocycles. The molecule has 1 aliphatic heterocycles. The van der Waals surface area contributed by atoms with Crippen LogP contribution in [0.3, 0.4) is 0 Å². The Kier molecular flexibility index (Phi) is 4.53. The van der Waals surface area contributed by atoms with Gasteiger partial charge in [0.15, 0.2) is 11.5 Å². The summed E-state index contributed by atoms with van der Waals surface area (Å²) in [4.78, 5) is 51.5. The molecule has 0 spiro atoms. The number of hydrogen-bond acceptors (Lipinski definition) is 7. The first-order valence-electron chi connectivity index (χ1n) is 10.4. The van der Waals surface area contributed by atoms with Gasteiger partial charge in [-0.25, -0.2) is 0 Å². The van der Waals surface area contributed by atoms with Crippen LogP contribution in [0.4, 0.5) is 0 Å². The van der Waals surface area contributed by atoms with Crippen LogP contribution in [0.15, 0.2) is 23.2 Å². The van der Waals surface area contributed by atoms with E-state index in [1.165, 1.54) is 14.0 Å². The molecule has 1 heterocycles. The molecule has 4 aliphatic rings. The van der Waals surface area contributed by atoms with E-state index in [2.05, 4.69) is 0 Å². The molecule has 1 saturated heterocycles. The van der Waals surface area contributed by atoms with Crippen molar-refractivity contribution in [2.75, 3.05) is 7.11 Å². The molecule has 4 rings (SSSR count). The molecule has 30 heavy (non-hydrogen) atoms. The smallest absolute Gasteiger partial charge is 0.308 e. The van der Waals surface area contributed by atoms with E-state index in [4.69, 9.17) is 14.2 Å². The van der Waals surface area contributed by atoms with Crippen molar-refractivity contribution in [3.63, 3.8) is 0 Å². The fraction of sp³-hybridized carbons (Fsp3) is 0.652. The fourth-order valence-corrected chi connectivity index (χ4v) is 6.88. The van der Waals surface area contributed by atoms with E-state index in [-0.39, 0.29) is 53.2 Å². The van der Waals surface area contributed by atoms with Gasteiger partial charge < -0.3 is 14.2 Å². The lowest BCUT2D eigenvalue weighted by molar-refractivity contribution is -0.217. The van der Waals surface area contributed by atoms with Crippen LogP contribution >= 0.6 is 0 Å². The van der Waals surface area contributed by atoms with Crippen molar-refractivity contribution in [2.45, 2.75) is 53.6 Å². The number of methoxy groups -OCH3 is 1. The van der Waals surface area contributed by atoms with Crippen molar-refractivity contribution in [2.24, 2.45) is 34.5 Å². The Morgan fingerprint density at radius 3 is 2.50 bits per heavy atom. The maximum absolute atomic E-state index is 13.8. The highest BCUT2D eigenvalue weighted by Gasteiger charge is 2.72. The first-order valence-corrected chi connectivity index (χ1v) is 10.4. The molecule has 2 fully saturated rings. The van der Waals surface area contributed by atoms with Gasteiger partial charge in [-0.05, 0) is 36.8 Å². The van der Waals surface area contributed by atoms with Crippen LogP contribution < -0.4 is 0 Å². The summed E-state index contributed by atoms with van der Waals surface area (Å²) in [5.74, 6) is -2.62. The molecule has 162 valence electrons. The molecule has 0 aromatic heterocycles. The summed E-state index contributed by atoms with van der Waals surface area (Å²) in [6, 6.07) is 0. The van der Waals surface area contributed by atoms with Gasteiger partial charge in [-0.3, -0.25) is 19.2 Å². The number of hydrogen-bond donors (Lipinski definition) is 0. The number of rotatable bonds is 2. The van der Waals surface area contributed by atoms with Crippen LogP contribution in [-0.2, 0) is 33.4 Å². The van der Waals surface area contributed by atoms with Gasteiger partial charge in [0.2, 0.25) is 11.6 Å². The van der Waals surface area contributed by atoms with Crippen molar-refractivity contribution < 1.29 is 33.4 Å². The van der Waals surface area contributed by atoms with Crippen LogP contribution in [0.25, 0.3) is 0 Å². The first kappa shape index (κ1) is 20.8.